The lowest BCUT2D eigenvalue weighted by molar-refractivity contribution is -0.132. The molecule has 0 saturated carbocycles. The van der Waals surface area contributed by atoms with Crippen LogP contribution in [0.1, 0.15) is 10.7 Å². The zero-order valence-electron chi connectivity index (χ0n) is 11.5. The number of nitrogens with two attached hydrogens (primary N) is 1. The van der Waals surface area contributed by atoms with Crippen molar-refractivity contribution >= 4 is 22.9 Å². The van der Waals surface area contributed by atoms with Gasteiger partial charge < -0.3 is 15.4 Å². The Hall–Kier alpha value is -2.08. The Morgan fingerprint density at radius 2 is 2.10 bits per heavy atom. The van der Waals surface area contributed by atoms with Gasteiger partial charge in [-0.05, 0) is 31.2 Å². The standard InChI is InChI=1S/C14H17N3O2S/c1-10-16-12(9-20-10)7-17(2)14(18)8-19-13-5-3-11(15)4-6-13/h3-6,9H,7-8,15H2,1-2H3. The van der Waals surface area contributed by atoms with Crippen molar-refractivity contribution in [2.24, 2.45) is 0 Å². The number of benzene rings is 1. The van der Waals surface area contributed by atoms with Crippen molar-refractivity contribution in [1.29, 1.82) is 0 Å². The minimum absolute atomic E-state index is 0.00351. The number of nitrogens with zero attached hydrogens (tertiary/aromatic N) is 2. The van der Waals surface area contributed by atoms with E-state index in [1.807, 2.05) is 12.3 Å². The number of likely N-dealkylation sites (N-methyl/N-ethyl adjacent to an activating group) is 1. The molecule has 1 heterocycles. The average molecular weight is 291 g/mol. The second kappa shape index (κ2) is 6.38. The van der Waals surface area contributed by atoms with Gasteiger partial charge in [-0.1, -0.05) is 0 Å². The van der Waals surface area contributed by atoms with Crippen molar-refractivity contribution in [2.75, 3.05) is 19.4 Å². The normalized spacial score (nSPS) is 10.3. The van der Waals surface area contributed by atoms with Crippen LogP contribution < -0.4 is 10.5 Å². The molecule has 0 aliphatic carbocycles. The van der Waals surface area contributed by atoms with Gasteiger partial charge in [-0.3, -0.25) is 4.79 Å². The number of ether oxygens (including phenoxy) is 1. The minimum Gasteiger partial charge on any atom is -0.484 e. The molecular weight excluding hydrogens is 274 g/mol. The zero-order valence-corrected chi connectivity index (χ0v) is 12.3. The molecule has 0 aliphatic heterocycles. The van der Waals surface area contributed by atoms with Gasteiger partial charge in [0.15, 0.2) is 6.61 Å². The van der Waals surface area contributed by atoms with Crippen molar-refractivity contribution in [2.45, 2.75) is 13.5 Å². The number of hydrogen-bond acceptors (Lipinski definition) is 5. The van der Waals surface area contributed by atoms with E-state index in [1.165, 1.54) is 0 Å². The highest BCUT2D eigenvalue weighted by Crippen LogP contribution is 2.13. The Kier molecular flexibility index (Phi) is 4.57. The summed E-state index contributed by atoms with van der Waals surface area (Å²) in [6, 6.07) is 6.96. The number of anilines is 1. The smallest absolute Gasteiger partial charge is 0.260 e. The number of nitrogen functional groups attached to an aromatic ring is 1. The summed E-state index contributed by atoms with van der Waals surface area (Å²) in [4.78, 5) is 17.9. The van der Waals surface area contributed by atoms with Crippen LogP contribution in [-0.4, -0.2) is 29.4 Å². The van der Waals surface area contributed by atoms with E-state index in [0.29, 0.717) is 18.0 Å². The van der Waals surface area contributed by atoms with Crippen molar-refractivity contribution < 1.29 is 9.53 Å². The van der Waals surface area contributed by atoms with Crippen LogP contribution in [0.4, 0.5) is 5.69 Å². The number of hydrogen-bond donors (Lipinski definition) is 1. The molecular formula is C14H17N3O2S. The van der Waals surface area contributed by atoms with E-state index in [-0.39, 0.29) is 12.5 Å². The summed E-state index contributed by atoms with van der Waals surface area (Å²) in [5.41, 5.74) is 7.15. The topological polar surface area (TPSA) is 68.5 Å². The van der Waals surface area contributed by atoms with E-state index >= 15 is 0 Å². The van der Waals surface area contributed by atoms with Crippen LogP contribution in [0.5, 0.6) is 5.75 Å². The summed E-state index contributed by atoms with van der Waals surface area (Å²) in [6.07, 6.45) is 0. The molecule has 0 fully saturated rings. The predicted molar refractivity (Wildman–Crippen MR) is 79.7 cm³/mol. The number of aryl methyl sites for hydroxylation is 1. The molecule has 2 aromatic rings. The van der Waals surface area contributed by atoms with Gasteiger partial charge in [-0.15, -0.1) is 11.3 Å². The summed E-state index contributed by atoms with van der Waals surface area (Å²) < 4.78 is 5.42. The Morgan fingerprint density at radius 1 is 1.40 bits per heavy atom. The molecule has 2 N–H and O–H groups in total. The van der Waals surface area contributed by atoms with Gasteiger partial charge in [0.2, 0.25) is 0 Å². The number of thiazole rings is 1. The van der Waals surface area contributed by atoms with Crippen LogP contribution in [0, 0.1) is 6.92 Å². The number of carbonyl (C=O) groups excluding carboxylic acids is 1. The Bertz CT molecular complexity index is 580. The third-order valence-electron chi connectivity index (χ3n) is 2.73. The maximum atomic E-state index is 11.9. The number of rotatable bonds is 5. The molecule has 5 nitrogen and oxygen atoms in total. The van der Waals surface area contributed by atoms with Crippen molar-refractivity contribution in [3.63, 3.8) is 0 Å². The molecule has 6 heteroatoms. The summed E-state index contributed by atoms with van der Waals surface area (Å²) in [6.45, 7) is 2.44. The van der Waals surface area contributed by atoms with Crippen LogP contribution in [0.15, 0.2) is 29.6 Å². The lowest BCUT2D eigenvalue weighted by atomic mass is 10.3. The number of amides is 1. The zero-order chi connectivity index (χ0) is 14.5. The molecule has 0 spiro atoms. The third kappa shape index (κ3) is 3.96. The first-order valence-electron chi connectivity index (χ1n) is 6.18. The Morgan fingerprint density at radius 3 is 2.70 bits per heavy atom. The minimum atomic E-state index is -0.0903. The lowest BCUT2D eigenvalue weighted by Crippen LogP contribution is -2.31. The van der Waals surface area contributed by atoms with E-state index in [2.05, 4.69) is 4.98 Å². The second-order valence-electron chi connectivity index (χ2n) is 4.47. The molecule has 0 atom stereocenters. The first kappa shape index (κ1) is 14.3. The second-order valence-corrected chi connectivity index (χ2v) is 5.53. The highest BCUT2D eigenvalue weighted by atomic mass is 32.1. The maximum Gasteiger partial charge on any atom is 0.260 e. The highest BCUT2D eigenvalue weighted by Gasteiger charge is 2.11. The molecule has 20 heavy (non-hydrogen) atoms. The van der Waals surface area contributed by atoms with Crippen LogP contribution in [0.25, 0.3) is 0 Å². The monoisotopic (exact) mass is 291 g/mol. The first-order chi connectivity index (χ1) is 9.54. The SMILES string of the molecule is Cc1nc(CN(C)C(=O)COc2ccc(N)cc2)cs1. The fraction of sp³-hybridized carbons (Fsp3) is 0.286. The molecule has 0 bridgehead atoms. The molecule has 1 amide bonds. The molecule has 0 saturated heterocycles. The maximum absolute atomic E-state index is 11.9. The fourth-order valence-electron chi connectivity index (χ4n) is 1.63. The quantitative estimate of drug-likeness (QED) is 0.856. The largest absolute Gasteiger partial charge is 0.484 e. The van der Waals surface area contributed by atoms with E-state index in [1.54, 1.807) is 47.5 Å². The predicted octanol–water partition coefficient (Wildman–Crippen LogP) is 2.07. The van der Waals surface area contributed by atoms with Gasteiger partial charge in [-0.2, -0.15) is 0 Å². The summed E-state index contributed by atoms with van der Waals surface area (Å²) >= 11 is 1.58. The van der Waals surface area contributed by atoms with Crippen LogP contribution >= 0.6 is 11.3 Å². The Balaban J connectivity index is 1.83. The molecule has 106 valence electrons. The van der Waals surface area contributed by atoms with Gasteiger partial charge in [-0.25, -0.2) is 4.98 Å². The van der Waals surface area contributed by atoms with E-state index in [4.69, 9.17) is 10.5 Å². The summed E-state index contributed by atoms with van der Waals surface area (Å²) in [7, 11) is 1.74. The van der Waals surface area contributed by atoms with E-state index < -0.39 is 0 Å². The molecule has 0 radical (unpaired) electrons. The average Bonchev–Trinajstić information content (AvgIpc) is 2.83. The number of aromatic nitrogens is 1. The lowest BCUT2D eigenvalue weighted by Gasteiger charge is -2.16. The first-order valence-corrected chi connectivity index (χ1v) is 7.06. The van der Waals surface area contributed by atoms with Crippen LogP contribution in [-0.2, 0) is 11.3 Å². The molecule has 1 aromatic heterocycles. The fourth-order valence-corrected chi connectivity index (χ4v) is 2.24. The summed E-state index contributed by atoms with van der Waals surface area (Å²) in [5.74, 6) is 0.540. The van der Waals surface area contributed by atoms with E-state index in [9.17, 15) is 4.79 Å². The van der Waals surface area contributed by atoms with Crippen LogP contribution in [0.2, 0.25) is 0 Å². The van der Waals surface area contributed by atoms with Gasteiger partial charge in [0.25, 0.3) is 5.91 Å². The third-order valence-corrected chi connectivity index (χ3v) is 3.56. The van der Waals surface area contributed by atoms with Crippen LogP contribution in [0.3, 0.4) is 0 Å². The highest BCUT2D eigenvalue weighted by molar-refractivity contribution is 7.09. The molecule has 0 unspecified atom stereocenters. The van der Waals surface area contributed by atoms with Crippen molar-refractivity contribution in [1.82, 2.24) is 9.88 Å². The van der Waals surface area contributed by atoms with E-state index in [0.717, 1.165) is 10.7 Å². The Labute approximate surface area is 122 Å². The molecule has 1 aromatic carbocycles. The van der Waals surface area contributed by atoms with Crippen molar-refractivity contribution in [3.8, 4) is 5.75 Å². The molecule has 0 aliphatic rings. The molecule has 2 rings (SSSR count). The van der Waals surface area contributed by atoms with Gasteiger partial charge in [0, 0.05) is 18.1 Å². The van der Waals surface area contributed by atoms with Crippen molar-refractivity contribution in [3.05, 3.63) is 40.3 Å². The van der Waals surface area contributed by atoms with Gasteiger partial charge in [0.1, 0.15) is 5.75 Å². The number of carbonyl (C=O) groups is 1. The van der Waals surface area contributed by atoms with Gasteiger partial charge >= 0.3 is 0 Å². The summed E-state index contributed by atoms with van der Waals surface area (Å²) in [5, 5.41) is 2.96. The van der Waals surface area contributed by atoms with Gasteiger partial charge in [0.05, 0.1) is 17.2 Å².